The Hall–Kier alpha value is -1.12. The first-order valence-corrected chi connectivity index (χ1v) is 11.7. The van der Waals surface area contributed by atoms with Crippen molar-refractivity contribution in [1.82, 2.24) is 4.90 Å². The van der Waals surface area contributed by atoms with Gasteiger partial charge in [-0.15, -0.1) is 0 Å². The molecule has 3 nitrogen and oxygen atoms in total. The van der Waals surface area contributed by atoms with Crippen molar-refractivity contribution < 1.29 is 9.59 Å². The van der Waals surface area contributed by atoms with Gasteiger partial charge in [-0.2, -0.15) is 0 Å². The third-order valence-corrected chi connectivity index (χ3v) is 7.45. The Kier molecular flexibility index (Phi) is 7.93. The molecule has 1 saturated carbocycles. The quantitative estimate of drug-likeness (QED) is 0.495. The monoisotopic (exact) mass is 389 g/mol. The molecule has 1 heterocycles. The Balaban J connectivity index is 2.21. The maximum atomic E-state index is 12.5. The standard InChI is InChI=1S/C25H43NO2/c1-6-7-16-24(4)17-11-15-23(2,3)14-9-8-10-18-25(5,20-19-24)26-21(27)12-13-22(26)28/h12-13H,6-11,14-20H2,1-5H3. The summed E-state index contributed by atoms with van der Waals surface area (Å²) in [5.74, 6) is -0.235. The van der Waals surface area contributed by atoms with Crippen LogP contribution in [0.3, 0.4) is 0 Å². The molecule has 0 aromatic rings. The summed E-state index contributed by atoms with van der Waals surface area (Å²) >= 11 is 0. The summed E-state index contributed by atoms with van der Waals surface area (Å²) in [4.78, 5) is 26.5. The molecular formula is C25H43NO2. The lowest BCUT2D eigenvalue weighted by molar-refractivity contribution is -0.144. The number of unbranched alkanes of at least 4 members (excludes halogenated alkanes) is 1. The fourth-order valence-corrected chi connectivity index (χ4v) is 5.24. The molecule has 1 aliphatic heterocycles. The van der Waals surface area contributed by atoms with Crippen LogP contribution in [0, 0.1) is 10.8 Å². The van der Waals surface area contributed by atoms with E-state index in [4.69, 9.17) is 0 Å². The molecule has 160 valence electrons. The molecule has 0 spiro atoms. The molecule has 2 aliphatic rings. The molecule has 0 bridgehead atoms. The number of rotatable bonds is 4. The van der Waals surface area contributed by atoms with E-state index in [1.807, 2.05) is 0 Å². The minimum atomic E-state index is -0.352. The molecule has 2 unspecified atom stereocenters. The van der Waals surface area contributed by atoms with Crippen molar-refractivity contribution in [2.24, 2.45) is 10.8 Å². The van der Waals surface area contributed by atoms with Gasteiger partial charge in [-0.3, -0.25) is 14.5 Å². The topological polar surface area (TPSA) is 37.4 Å². The summed E-state index contributed by atoms with van der Waals surface area (Å²) < 4.78 is 0. The van der Waals surface area contributed by atoms with Gasteiger partial charge in [-0.1, -0.05) is 66.2 Å². The lowest BCUT2D eigenvalue weighted by Gasteiger charge is -2.41. The SMILES string of the molecule is CCCCC1(C)CCCC(C)(C)CCCCCC(C)(N2C(=O)C=CC2=O)CC1. The number of hydrogen-bond acceptors (Lipinski definition) is 2. The van der Waals surface area contributed by atoms with Gasteiger partial charge in [-0.05, 0) is 62.7 Å². The fraction of sp³-hybridized carbons (Fsp3) is 0.840. The maximum Gasteiger partial charge on any atom is 0.254 e. The van der Waals surface area contributed by atoms with Gasteiger partial charge in [0.25, 0.3) is 11.8 Å². The molecule has 28 heavy (non-hydrogen) atoms. The summed E-state index contributed by atoms with van der Waals surface area (Å²) in [5, 5.41) is 0. The van der Waals surface area contributed by atoms with Crippen molar-refractivity contribution in [3.63, 3.8) is 0 Å². The van der Waals surface area contributed by atoms with E-state index in [2.05, 4.69) is 34.6 Å². The number of nitrogens with zero attached hydrogens (tertiary/aromatic N) is 1. The van der Waals surface area contributed by atoms with Crippen LogP contribution in [-0.4, -0.2) is 22.3 Å². The summed E-state index contributed by atoms with van der Waals surface area (Å²) in [6.45, 7) is 11.7. The van der Waals surface area contributed by atoms with E-state index < -0.39 is 0 Å². The number of hydrogen-bond donors (Lipinski definition) is 0. The van der Waals surface area contributed by atoms with Crippen LogP contribution in [0.25, 0.3) is 0 Å². The molecule has 0 saturated heterocycles. The first-order chi connectivity index (χ1) is 13.1. The van der Waals surface area contributed by atoms with Crippen LogP contribution >= 0.6 is 0 Å². The Morgan fingerprint density at radius 2 is 1.39 bits per heavy atom. The van der Waals surface area contributed by atoms with Gasteiger partial charge in [0.15, 0.2) is 0 Å². The minimum Gasteiger partial charge on any atom is -0.269 e. The highest BCUT2D eigenvalue weighted by Crippen LogP contribution is 2.42. The van der Waals surface area contributed by atoms with Crippen LogP contribution in [-0.2, 0) is 9.59 Å². The van der Waals surface area contributed by atoms with Crippen molar-refractivity contribution in [3.8, 4) is 0 Å². The summed E-state index contributed by atoms with van der Waals surface area (Å²) in [7, 11) is 0. The molecule has 2 amide bonds. The number of amides is 2. The first kappa shape index (κ1) is 23.2. The van der Waals surface area contributed by atoms with Crippen LogP contribution in [0.2, 0.25) is 0 Å². The lowest BCUT2D eigenvalue weighted by atomic mass is 9.72. The van der Waals surface area contributed by atoms with Crippen LogP contribution in [0.5, 0.6) is 0 Å². The third kappa shape index (κ3) is 6.19. The largest absolute Gasteiger partial charge is 0.269 e. The zero-order chi connectivity index (χ0) is 20.8. The van der Waals surface area contributed by atoms with E-state index in [0.29, 0.717) is 10.8 Å². The molecule has 3 heteroatoms. The van der Waals surface area contributed by atoms with E-state index >= 15 is 0 Å². The zero-order valence-corrected chi connectivity index (χ0v) is 19.1. The van der Waals surface area contributed by atoms with Gasteiger partial charge in [0.1, 0.15) is 0 Å². The zero-order valence-electron chi connectivity index (χ0n) is 19.1. The molecule has 2 rings (SSSR count). The van der Waals surface area contributed by atoms with Crippen molar-refractivity contribution in [1.29, 1.82) is 0 Å². The van der Waals surface area contributed by atoms with Crippen molar-refractivity contribution >= 4 is 11.8 Å². The Morgan fingerprint density at radius 1 is 0.786 bits per heavy atom. The van der Waals surface area contributed by atoms with Crippen molar-refractivity contribution in [2.75, 3.05) is 0 Å². The average Bonchev–Trinajstić information content (AvgIpc) is 2.97. The normalized spacial score (nSPS) is 32.7. The highest BCUT2D eigenvalue weighted by atomic mass is 16.2. The second-order valence-corrected chi connectivity index (χ2v) is 10.8. The molecular weight excluding hydrogens is 346 g/mol. The van der Waals surface area contributed by atoms with E-state index in [1.165, 1.54) is 69.9 Å². The number of carbonyl (C=O) groups is 2. The Morgan fingerprint density at radius 3 is 2.04 bits per heavy atom. The van der Waals surface area contributed by atoms with Gasteiger partial charge < -0.3 is 0 Å². The number of carbonyl (C=O) groups excluding carboxylic acids is 2. The lowest BCUT2D eigenvalue weighted by Crippen LogP contribution is -2.50. The van der Waals surface area contributed by atoms with Crippen LogP contribution in [0.1, 0.15) is 118 Å². The number of imide groups is 1. The first-order valence-electron chi connectivity index (χ1n) is 11.7. The van der Waals surface area contributed by atoms with Gasteiger partial charge in [0.2, 0.25) is 0 Å². The Labute approximate surface area is 173 Å². The molecule has 2 atom stereocenters. The highest BCUT2D eigenvalue weighted by Gasteiger charge is 2.41. The van der Waals surface area contributed by atoms with Gasteiger partial charge in [0, 0.05) is 17.7 Å². The summed E-state index contributed by atoms with van der Waals surface area (Å²) in [6, 6.07) is 0. The molecule has 0 aromatic heterocycles. The van der Waals surface area contributed by atoms with Crippen LogP contribution in [0.4, 0.5) is 0 Å². The van der Waals surface area contributed by atoms with E-state index in [-0.39, 0.29) is 17.4 Å². The summed E-state index contributed by atoms with van der Waals surface area (Å²) in [6.07, 6.45) is 18.2. The third-order valence-electron chi connectivity index (χ3n) is 7.45. The summed E-state index contributed by atoms with van der Waals surface area (Å²) in [5.41, 5.74) is 0.378. The van der Waals surface area contributed by atoms with Gasteiger partial charge >= 0.3 is 0 Å². The molecule has 0 radical (unpaired) electrons. The van der Waals surface area contributed by atoms with Gasteiger partial charge in [0.05, 0.1) is 0 Å². The second-order valence-electron chi connectivity index (χ2n) is 10.8. The predicted molar refractivity (Wildman–Crippen MR) is 117 cm³/mol. The van der Waals surface area contributed by atoms with E-state index in [0.717, 1.165) is 25.7 Å². The highest BCUT2D eigenvalue weighted by molar-refractivity contribution is 6.13. The molecule has 1 aliphatic carbocycles. The molecule has 0 aromatic carbocycles. The Bertz CT molecular complexity index is 561. The molecule has 1 fully saturated rings. The van der Waals surface area contributed by atoms with Crippen molar-refractivity contribution in [2.45, 2.75) is 124 Å². The molecule has 0 N–H and O–H groups in total. The predicted octanol–water partition coefficient (Wildman–Crippen LogP) is 6.81. The van der Waals surface area contributed by atoms with Crippen molar-refractivity contribution in [3.05, 3.63) is 12.2 Å². The fourth-order valence-electron chi connectivity index (χ4n) is 5.24. The van der Waals surface area contributed by atoms with E-state index in [1.54, 1.807) is 4.90 Å². The minimum absolute atomic E-state index is 0.117. The maximum absolute atomic E-state index is 12.5. The average molecular weight is 390 g/mol. The second kappa shape index (κ2) is 9.59. The van der Waals surface area contributed by atoms with E-state index in [9.17, 15) is 9.59 Å². The van der Waals surface area contributed by atoms with Crippen LogP contribution < -0.4 is 0 Å². The smallest absolute Gasteiger partial charge is 0.254 e. The van der Waals surface area contributed by atoms with Crippen LogP contribution in [0.15, 0.2) is 12.2 Å². The van der Waals surface area contributed by atoms with Gasteiger partial charge in [-0.25, -0.2) is 0 Å².